The van der Waals surface area contributed by atoms with Crippen LogP contribution in [0, 0.1) is 5.82 Å². The highest BCUT2D eigenvalue weighted by atomic mass is 32.1. The Bertz CT molecular complexity index is 447. The summed E-state index contributed by atoms with van der Waals surface area (Å²) in [5.74, 6) is -0.335. The number of phenolic OH excluding ortho intramolecular Hbond substituents is 1. The lowest BCUT2D eigenvalue weighted by Crippen LogP contribution is -1.78. The molecule has 0 saturated heterocycles. The molecule has 1 nitrogen and oxygen atoms in total. The molecule has 2 rings (SSSR count). The number of rotatable bonds is 1. The van der Waals surface area contributed by atoms with Gasteiger partial charge in [-0.05, 0) is 23.4 Å². The summed E-state index contributed by atoms with van der Waals surface area (Å²) in [7, 11) is 0. The molecule has 2 aromatic rings. The molecule has 0 fully saturated rings. The molecule has 0 atom stereocenters. The van der Waals surface area contributed by atoms with Crippen LogP contribution in [-0.2, 0) is 6.42 Å². The number of thiophene rings is 1. The average molecular weight is 196 g/mol. The Hall–Kier alpha value is -1.09. The number of halogens is 1. The highest BCUT2D eigenvalue weighted by Gasteiger charge is 2.08. The van der Waals surface area contributed by atoms with Crippen molar-refractivity contribution < 1.29 is 9.50 Å². The van der Waals surface area contributed by atoms with Crippen molar-refractivity contribution in [1.82, 2.24) is 0 Å². The van der Waals surface area contributed by atoms with E-state index in [0.717, 1.165) is 23.4 Å². The fourth-order valence-electron chi connectivity index (χ4n) is 1.40. The minimum absolute atomic E-state index is 0.00176. The van der Waals surface area contributed by atoms with Gasteiger partial charge in [0.1, 0.15) is 11.6 Å². The van der Waals surface area contributed by atoms with Gasteiger partial charge < -0.3 is 5.11 Å². The normalized spacial score (nSPS) is 10.9. The number of hydrogen-bond donors (Lipinski definition) is 1. The van der Waals surface area contributed by atoms with E-state index in [2.05, 4.69) is 0 Å². The Morgan fingerprint density at radius 2 is 2.23 bits per heavy atom. The van der Waals surface area contributed by atoms with Gasteiger partial charge in [0.25, 0.3) is 0 Å². The van der Waals surface area contributed by atoms with Crippen LogP contribution in [0.5, 0.6) is 5.75 Å². The van der Waals surface area contributed by atoms with Gasteiger partial charge in [-0.3, -0.25) is 0 Å². The van der Waals surface area contributed by atoms with Gasteiger partial charge in [-0.25, -0.2) is 4.39 Å². The van der Waals surface area contributed by atoms with Gasteiger partial charge >= 0.3 is 0 Å². The summed E-state index contributed by atoms with van der Waals surface area (Å²) in [5, 5.41) is 12.0. The van der Waals surface area contributed by atoms with Crippen molar-refractivity contribution in [1.29, 1.82) is 0 Å². The Morgan fingerprint density at radius 1 is 1.46 bits per heavy atom. The van der Waals surface area contributed by atoms with Crippen molar-refractivity contribution in [2.45, 2.75) is 13.3 Å². The Balaban J connectivity index is 2.82. The highest BCUT2D eigenvalue weighted by Crippen LogP contribution is 2.31. The molecule has 13 heavy (non-hydrogen) atoms. The quantitative estimate of drug-likeness (QED) is 0.741. The zero-order valence-corrected chi connectivity index (χ0v) is 7.99. The Kier molecular flexibility index (Phi) is 1.96. The van der Waals surface area contributed by atoms with Gasteiger partial charge in [0.2, 0.25) is 0 Å². The number of aryl methyl sites for hydroxylation is 1. The predicted octanol–water partition coefficient (Wildman–Crippen LogP) is 3.31. The second-order valence-electron chi connectivity index (χ2n) is 2.92. The lowest BCUT2D eigenvalue weighted by Gasteiger charge is -1.96. The molecule has 1 aromatic heterocycles. The van der Waals surface area contributed by atoms with E-state index in [1.165, 1.54) is 11.3 Å². The average Bonchev–Trinajstić information content (AvgIpc) is 2.47. The Morgan fingerprint density at radius 3 is 2.92 bits per heavy atom. The predicted molar refractivity (Wildman–Crippen MR) is 52.8 cm³/mol. The van der Waals surface area contributed by atoms with Crippen LogP contribution in [0.1, 0.15) is 12.5 Å². The van der Waals surface area contributed by atoms with Crippen LogP contribution in [-0.4, -0.2) is 5.11 Å². The van der Waals surface area contributed by atoms with Crippen molar-refractivity contribution in [3.8, 4) is 5.75 Å². The van der Waals surface area contributed by atoms with Crippen LogP contribution in [0.4, 0.5) is 4.39 Å². The second-order valence-corrected chi connectivity index (χ2v) is 3.80. The molecule has 0 bridgehead atoms. The Labute approximate surface area is 79.4 Å². The number of hydrogen-bond acceptors (Lipinski definition) is 2. The first-order chi connectivity index (χ1) is 6.22. The molecule has 0 aliphatic rings. The van der Waals surface area contributed by atoms with Gasteiger partial charge in [0, 0.05) is 11.5 Å². The maximum Gasteiger partial charge on any atom is 0.144 e. The van der Waals surface area contributed by atoms with E-state index in [4.69, 9.17) is 0 Å². The summed E-state index contributed by atoms with van der Waals surface area (Å²) >= 11 is 1.39. The third-order valence-corrected chi connectivity index (χ3v) is 3.13. The number of aromatic hydroxyl groups is 1. The highest BCUT2D eigenvalue weighted by molar-refractivity contribution is 7.17. The van der Waals surface area contributed by atoms with Crippen LogP contribution in [0.25, 0.3) is 10.1 Å². The fraction of sp³-hybridized carbons (Fsp3) is 0.200. The number of fused-ring (bicyclic) bond motifs is 1. The summed E-state index contributed by atoms with van der Waals surface area (Å²) in [6.45, 7) is 2.02. The standard InChI is InChI=1S/C10H9FOS/c1-2-6-5-13-10-8(6)3-7(12)4-9(10)11/h3-5,12H,2H2,1H3. The lowest BCUT2D eigenvalue weighted by molar-refractivity contribution is 0.471. The smallest absolute Gasteiger partial charge is 0.144 e. The van der Waals surface area contributed by atoms with Crippen molar-refractivity contribution in [2.24, 2.45) is 0 Å². The third kappa shape index (κ3) is 1.29. The maximum atomic E-state index is 13.2. The first kappa shape index (κ1) is 8.51. The molecule has 1 heterocycles. The molecule has 0 unspecified atom stereocenters. The molecule has 0 spiro atoms. The molecule has 0 aliphatic carbocycles. The van der Waals surface area contributed by atoms with E-state index in [0.29, 0.717) is 4.70 Å². The molecular formula is C10H9FOS. The first-order valence-electron chi connectivity index (χ1n) is 4.11. The summed E-state index contributed by atoms with van der Waals surface area (Å²) in [6.07, 6.45) is 0.864. The third-order valence-electron chi connectivity index (χ3n) is 2.07. The summed E-state index contributed by atoms with van der Waals surface area (Å²) in [4.78, 5) is 0. The first-order valence-corrected chi connectivity index (χ1v) is 4.99. The minimum atomic E-state index is -0.334. The van der Waals surface area contributed by atoms with Gasteiger partial charge in [0.05, 0.1) is 4.70 Å². The van der Waals surface area contributed by atoms with Gasteiger partial charge in [-0.2, -0.15) is 0 Å². The maximum absolute atomic E-state index is 13.2. The molecule has 0 aliphatic heterocycles. The summed E-state index contributed by atoms with van der Waals surface area (Å²) in [5.41, 5.74) is 1.09. The van der Waals surface area contributed by atoms with Crippen molar-refractivity contribution in [3.63, 3.8) is 0 Å². The molecule has 1 N–H and O–H groups in total. The van der Waals surface area contributed by atoms with E-state index >= 15 is 0 Å². The number of phenols is 1. The molecule has 0 saturated carbocycles. The van der Waals surface area contributed by atoms with E-state index < -0.39 is 0 Å². The largest absolute Gasteiger partial charge is 0.508 e. The van der Waals surface area contributed by atoms with E-state index in [1.807, 2.05) is 12.3 Å². The summed E-state index contributed by atoms with van der Waals surface area (Å²) < 4.78 is 13.9. The topological polar surface area (TPSA) is 20.2 Å². The molecule has 0 radical (unpaired) electrons. The van der Waals surface area contributed by atoms with Crippen LogP contribution in [0.15, 0.2) is 17.5 Å². The van der Waals surface area contributed by atoms with Crippen molar-refractivity contribution in [2.75, 3.05) is 0 Å². The van der Waals surface area contributed by atoms with Gasteiger partial charge in [-0.1, -0.05) is 6.92 Å². The van der Waals surface area contributed by atoms with Crippen LogP contribution >= 0.6 is 11.3 Å². The number of benzene rings is 1. The molecule has 0 amide bonds. The van der Waals surface area contributed by atoms with Crippen molar-refractivity contribution >= 4 is 21.4 Å². The van der Waals surface area contributed by atoms with Gasteiger partial charge in [-0.15, -0.1) is 11.3 Å². The molecular weight excluding hydrogens is 187 g/mol. The lowest BCUT2D eigenvalue weighted by atomic mass is 10.1. The second kappa shape index (κ2) is 3.00. The monoisotopic (exact) mass is 196 g/mol. The zero-order chi connectivity index (χ0) is 9.42. The van der Waals surface area contributed by atoms with E-state index in [-0.39, 0.29) is 11.6 Å². The van der Waals surface area contributed by atoms with Crippen LogP contribution < -0.4 is 0 Å². The molecule has 1 aromatic carbocycles. The van der Waals surface area contributed by atoms with Crippen LogP contribution in [0.2, 0.25) is 0 Å². The van der Waals surface area contributed by atoms with E-state index in [9.17, 15) is 9.50 Å². The summed E-state index contributed by atoms with van der Waals surface area (Å²) in [6, 6.07) is 2.77. The molecule has 68 valence electrons. The minimum Gasteiger partial charge on any atom is -0.508 e. The zero-order valence-electron chi connectivity index (χ0n) is 7.17. The fourth-order valence-corrected chi connectivity index (χ4v) is 2.45. The SMILES string of the molecule is CCc1csc2c(F)cc(O)cc12. The van der Waals surface area contributed by atoms with Crippen LogP contribution in [0.3, 0.4) is 0 Å². The van der Waals surface area contributed by atoms with Gasteiger partial charge in [0.15, 0.2) is 0 Å². The van der Waals surface area contributed by atoms with Crippen molar-refractivity contribution in [3.05, 3.63) is 28.9 Å². The van der Waals surface area contributed by atoms with E-state index in [1.54, 1.807) is 6.07 Å². The molecule has 3 heteroatoms.